The van der Waals surface area contributed by atoms with Crippen molar-refractivity contribution in [2.75, 3.05) is 0 Å². The second-order valence-corrected chi connectivity index (χ2v) is 4.13. The first-order valence-electron chi connectivity index (χ1n) is 4.71. The molecule has 0 unspecified atom stereocenters. The molecule has 0 heterocycles. The fourth-order valence-electron chi connectivity index (χ4n) is 1.77. The van der Waals surface area contributed by atoms with Crippen molar-refractivity contribution < 1.29 is 13.8 Å². The van der Waals surface area contributed by atoms with Gasteiger partial charge in [-0.2, -0.15) is 4.58 Å². The predicted octanol–water partition coefficient (Wildman–Crippen LogP) is 1.92. The summed E-state index contributed by atoms with van der Waals surface area (Å²) in [6.45, 7) is 6.80. The number of carbonyl (C=O) groups excluding carboxylic acids is 1. The molecule has 1 rings (SSSR count). The minimum Gasteiger partial charge on any atom is -0.244 e. The van der Waals surface area contributed by atoms with Gasteiger partial charge in [-0.05, 0) is 19.8 Å². The molecule has 1 saturated carbocycles. The third kappa shape index (κ3) is 2.61. The van der Waals surface area contributed by atoms with E-state index in [0.717, 1.165) is 12.8 Å². The van der Waals surface area contributed by atoms with Crippen molar-refractivity contribution in [1.82, 2.24) is 0 Å². The normalized spacial score (nSPS) is 34.2. The maximum atomic E-state index is 13.4. The van der Waals surface area contributed by atoms with Gasteiger partial charge in [0, 0.05) is 12.8 Å². The SMILES string of the molecule is C=[N+](C(C)=O)C1CCC(C)(F)CC1. The van der Waals surface area contributed by atoms with E-state index in [4.69, 9.17) is 0 Å². The van der Waals surface area contributed by atoms with Gasteiger partial charge in [-0.25, -0.2) is 9.18 Å². The highest BCUT2D eigenvalue weighted by atomic mass is 19.1. The first-order chi connectivity index (χ1) is 5.92. The Morgan fingerprint density at radius 1 is 1.54 bits per heavy atom. The molecule has 1 aliphatic rings. The minimum absolute atomic E-state index is 0.0348. The van der Waals surface area contributed by atoms with E-state index in [1.807, 2.05) is 0 Å². The first-order valence-corrected chi connectivity index (χ1v) is 4.71. The van der Waals surface area contributed by atoms with Crippen LogP contribution in [0, 0.1) is 0 Å². The van der Waals surface area contributed by atoms with Crippen LogP contribution in [0.15, 0.2) is 0 Å². The largest absolute Gasteiger partial charge is 0.383 e. The zero-order chi connectivity index (χ0) is 10.1. The monoisotopic (exact) mass is 186 g/mol. The second-order valence-electron chi connectivity index (χ2n) is 4.13. The smallest absolute Gasteiger partial charge is 0.244 e. The summed E-state index contributed by atoms with van der Waals surface area (Å²) >= 11 is 0. The van der Waals surface area contributed by atoms with Crippen molar-refractivity contribution in [2.45, 2.75) is 51.2 Å². The topological polar surface area (TPSA) is 20.1 Å². The van der Waals surface area contributed by atoms with Crippen molar-refractivity contribution in [3.8, 4) is 0 Å². The highest BCUT2D eigenvalue weighted by molar-refractivity contribution is 5.65. The van der Waals surface area contributed by atoms with Crippen LogP contribution in [0.2, 0.25) is 0 Å². The first kappa shape index (κ1) is 10.4. The molecular weight excluding hydrogens is 169 g/mol. The summed E-state index contributed by atoms with van der Waals surface area (Å²) in [5.74, 6) is -0.0348. The van der Waals surface area contributed by atoms with Crippen molar-refractivity contribution in [1.29, 1.82) is 0 Å². The number of rotatable bonds is 1. The molecule has 0 aromatic carbocycles. The molecule has 0 bridgehead atoms. The molecule has 0 radical (unpaired) electrons. The number of alkyl halides is 1. The van der Waals surface area contributed by atoms with Gasteiger partial charge in [0.05, 0.1) is 6.92 Å². The number of hydrogen-bond donors (Lipinski definition) is 0. The summed E-state index contributed by atoms with van der Waals surface area (Å²) in [7, 11) is 0. The summed E-state index contributed by atoms with van der Waals surface area (Å²) < 4.78 is 14.9. The van der Waals surface area contributed by atoms with E-state index in [9.17, 15) is 9.18 Å². The van der Waals surface area contributed by atoms with Crippen LogP contribution >= 0.6 is 0 Å². The van der Waals surface area contributed by atoms with Gasteiger partial charge in [-0.3, -0.25) is 0 Å². The zero-order valence-corrected chi connectivity index (χ0v) is 8.35. The zero-order valence-electron chi connectivity index (χ0n) is 8.35. The molecule has 3 heteroatoms. The summed E-state index contributed by atoms with van der Waals surface area (Å²) in [4.78, 5) is 11.0. The highest BCUT2D eigenvalue weighted by Crippen LogP contribution is 2.32. The molecule has 0 aliphatic heterocycles. The van der Waals surface area contributed by atoms with E-state index in [1.54, 1.807) is 6.92 Å². The fraction of sp³-hybridized carbons (Fsp3) is 0.800. The Labute approximate surface area is 78.5 Å². The van der Waals surface area contributed by atoms with Gasteiger partial charge in [-0.15, -0.1) is 0 Å². The van der Waals surface area contributed by atoms with Crippen molar-refractivity contribution in [3.05, 3.63) is 0 Å². The third-order valence-corrected chi connectivity index (χ3v) is 2.84. The lowest BCUT2D eigenvalue weighted by atomic mass is 9.85. The molecule has 2 nitrogen and oxygen atoms in total. The van der Waals surface area contributed by atoms with Crippen LogP contribution in [0.1, 0.15) is 39.5 Å². The van der Waals surface area contributed by atoms with E-state index < -0.39 is 5.67 Å². The number of nitrogens with zero attached hydrogens (tertiary/aromatic N) is 1. The average molecular weight is 186 g/mol. The average Bonchev–Trinajstić information content (AvgIpc) is 2.03. The lowest BCUT2D eigenvalue weighted by molar-refractivity contribution is -0.485. The number of halogens is 1. The molecule has 1 amide bonds. The van der Waals surface area contributed by atoms with Crippen LogP contribution in [0.4, 0.5) is 4.39 Å². The molecule has 0 atom stereocenters. The van der Waals surface area contributed by atoms with Crippen molar-refractivity contribution in [3.63, 3.8) is 0 Å². The molecule has 0 N–H and O–H groups in total. The molecule has 0 spiro atoms. The molecular formula is C10H17FNO+. The molecule has 0 aromatic rings. The van der Waals surface area contributed by atoms with Crippen LogP contribution < -0.4 is 0 Å². The van der Waals surface area contributed by atoms with Gasteiger partial charge in [0.25, 0.3) is 0 Å². The minimum atomic E-state index is -1.03. The Hall–Kier alpha value is -0.730. The molecule has 1 fully saturated rings. The molecule has 74 valence electrons. The standard InChI is InChI=1S/C10H17FNO/c1-8(13)12(3)9-4-6-10(2,11)7-5-9/h9H,3-7H2,1-2H3/q+1. The van der Waals surface area contributed by atoms with E-state index in [-0.39, 0.29) is 11.9 Å². The Kier molecular flexibility index (Phi) is 2.84. The second kappa shape index (κ2) is 3.56. The van der Waals surface area contributed by atoms with Gasteiger partial charge in [0.15, 0.2) is 6.04 Å². The maximum Gasteiger partial charge on any atom is 0.383 e. The van der Waals surface area contributed by atoms with E-state index in [1.165, 1.54) is 11.5 Å². The highest BCUT2D eigenvalue weighted by Gasteiger charge is 2.36. The van der Waals surface area contributed by atoms with Gasteiger partial charge in [0.1, 0.15) is 12.4 Å². The quantitative estimate of drug-likeness (QED) is 0.452. The Balaban J connectivity index is 2.50. The molecule has 13 heavy (non-hydrogen) atoms. The third-order valence-electron chi connectivity index (χ3n) is 2.84. The van der Waals surface area contributed by atoms with E-state index in [0.29, 0.717) is 12.8 Å². The lowest BCUT2D eigenvalue weighted by Crippen LogP contribution is -2.37. The van der Waals surface area contributed by atoms with Gasteiger partial charge >= 0.3 is 5.91 Å². The summed E-state index contributed by atoms with van der Waals surface area (Å²) in [5.41, 5.74) is -1.03. The van der Waals surface area contributed by atoms with Crippen LogP contribution in [0.3, 0.4) is 0 Å². The van der Waals surface area contributed by atoms with Crippen LogP contribution in [-0.2, 0) is 4.79 Å². The maximum absolute atomic E-state index is 13.4. The van der Waals surface area contributed by atoms with E-state index >= 15 is 0 Å². The molecule has 0 aromatic heterocycles. The van der Waals surface area contributed by atoms with Crippen molar-refractivity contribution in [2.24, 2.45) is 0 Å². The van der Waals surface area contributed by atoms with Gasteiger partial charge < -0.3 is 0 Å². The molecule has 0 saturated heterocycles. The number of amides is 1. The Morgan fingerprint density at radius 3 is 2.38 bits per heavy atom. The van der Waals surface area contributed by atoms with Gasteiger partial charge in [-0.1, -0.05) is 0 Å². The lowest BCUT2D eigenvalue weighted by Gasteiger charge is -2.28. The Bertz CT molecular complexity index is 225. The molecule has 1 aliphatic carbocycles. The van der Waals surface area contributed by atoms with Crippen molar-refractivity contribution >= 4 is 12.6 Å². The fourth-order valence-corrected chi connectivity index (χ4v) is 1.77. The van der Waals surface area contributed by atoms with Gasteiger partial charge in [0.2, 0.25) is 0 Å². The number of hydrogen-bond acceptors (Lipinski definition) is 1. The van der Waals surface area contributed by atoms with Crippen LogP contribution in [0.5, 0.6) is 0 Å². The van der Waals surface area contributed by atoms with Crippen LogP contribution in [0.25, 0.3) is 0 Å². The summed E-state index contributed by atoms with van der Waals surface area (Å²) in [6.07, 6.45) is 2.54. The summed E-state index contributed by atoms with van der Waals surface area (Å²) in [5, 5.41) is 0. The van der Waals surface area contributed by atoms with E-state index in [2.05, 4.69) is 6.72 Å². The summed E-state index contributed by atoms with van der Waals surface area (Å²) in [6, 6.07) is 0.140. The van der Waals surface area contributed by atoms with Crippen LogP contribution in [-0.4, -0.2) is 28.9 Å². The number of carbonyl (C=O) groups is 1. The Morgan fingerprint density at radius 2 is 2.00 bits per heavy atom. The predicted molar refractivity (Wildman–Crippen MR) is 49.8 cm³/mol.